The molecule has 1 amide bonds. The number of pyridine rings is 1. The molecule has 3 aliphatic heterocycles. The van der Waals surface area contributed by atoms with E-state index in [0.717, 1.165) is 18.2 Å². The molecule has 9 heteroatoms. The Labute approximate surface area is 194 Å². The number of nitrogens with zero attached hydrogens (tertiary/aromatic N) is 4. The molecule has 3 aliphatic rings. The summed E-state index contributed by atoms with van der Waals surface area (Å²) in [6.45, 7) is 1.40. The summed E-state index contributed by atoms with van der Waals surface area (Å²) in [6.07, 6.45) is 1.12. The van der Waals surface area contributed by atoms with Crippen molar-refractivity contribution in [1.82, 2.24) is 14.9 Å². The maximum atomic E-state index is 13.4. The Morgan fingerprint density at radius 1 is 1.12 bits per heavy atom. The topological polar surface area (TPSA) is 91.9 Å². The van der Waals surface area contributed by atoms with Crippen molar-refractivity contribution in [1.29, 1.82) is 0 Å². The van der Waals surface area contributed by atoms with Crippen LogP contribution in [0.15, 0.2) is 65.2 Å². The zero-order chi connectivity index (χ0) is 23.2. The predicted octanol–water partition coefficient (Wildman–Crippen LogP) is 4.55. The van der Waals surface area contributed by atoms with Gasteiger partial charge in [-0.2, -0.15) is 4.98 Å². The molecule has 0 aliphatic carbocycles. The first-order chi connectivity index (χ1) is 16.6. The minimum absolute atomic E-state index is 0.0710. The first kappa shape index (κ1) is 20.5. The zero-order valence-corrected chi connectivity index (χ0v) is 18.1. The van der Waals surface area contributed by atoms with Crippen LogP contribution in [-0.4, -0.2) is 51.2 Å². The number of hydrogen-bond acceptors (Lipinski definition) is 6. The summed E-state index contributed by atoms with van der Waals surface area (Å²) in [5.41, 5.74) is 3.30. The van der Waals surface area contributed by atoms with Gasteiger partial charge in [0.15, 0.2) is 11.1 Å². The number of piperazine rings is 1. The van der Waals surface area contributed by atoms with Gasteiger partial charge in [-0.1, -0.05) is 30.3 Å². The lowest BCUT2D eigenvalue weighted by Crippen LogP contribution is -2.70. The number of oxazole rings is 1. The fraction of sp³-hybridized carbons (Fsp3) is 0.240. The van der Waals surface area contributed by atoms with Gasteiger partial charge in [-0.3, -0.25) is 9.88 Å². The average Bonchev–Trinajstić information content (AvgIpc) is 3.29. The third-order valence-electron chi connectivity index (χ3n) is 6.42. The van der Waals surface area contributed by atoms with Gasteiger partial charge in [-0.15, -0.1) is 0 Å². The lowest BCUT2D eigenvalue weighted by molar-refractivity contribution is 0.0101. The standard InChI is InChI=1S/C25H21FN4O4/c26-16-6-8-20(27-11-16)19-7-9-21(33-14-15-4-2-1-3-5-15)22-23(19)34-24(28-22)29-12-17-10-18(13-29)30(17)25(31)32/h1-9,11,17-18H,10,12-14H2,(H,31,32). The van der Waals surface area contributed by atoms with Crippen LogP contribution in [0.5, 0.6) is 5.75 Å². The zero-order valence-electron chi connectivity index (χ0n) is 18.1. The Bertz CT molecular complexity index is 1350. The monoisotopic (exact) mass is 460 g/mol. The second kappa shape index (κ2) is 8.02. The summed E-state index contributed by atoms with van der Waals surface area (Å²) < 4.78 is 25.8. The third-order valence-corrected chi connectivity index (χ3v) is 6.42. The molecule has 2 unspecified atom stereocenters. The summed E-state index contributed by atoms with van der Waals surface area (Å²) in [6, 6.07) is 16.7. The van der Waals surface area contributed by atoms with Gasteiger partial charge in [0.1, 0.15) is 18.2 Å². The van der Waals surface area contributed by atoms with E-state index in [1.54, 1.807) is 6.07 Å². The fourth-order valence-corrected chi connectivity index (χ4v) is 4.77. The van der Waals surface area contributed by atoms with Crippen LogP contribution < -0.4 is 9.64 Å². The molecule has 2 aromatic carbocycles. The third kappa shape index (κ3) is 3.49. The van der Waals surface area contributed by atoms with Gasteiger partial charge < -0.3 is 19.2 Å². The van der Waals surface area contributed by atoms with Gasteiger partial charge in [-0.25, -0.2) is 9.18 Å². The van der Waals surface area contributed by atoms with Crippen molar-refractivity contribution in [3.05, 3.63) is 72.2 Å². The van der Waals surface area contributed by atoms with Crippen molar-refractivity contribution >= 4 is 23.2 Å². The number of piperidine rings is 1. The van der Waals surface area contributed by atoms with Gasteiger partial charge in [-0.05, 0) is 36.2 Å². The van der Waals surface area contributed by atoms with Crippen molar-refractivity contribution < 1.29 is 23.4 Å². The maximum Gasteiger partial charge on any atom is 0.407 e. The number of amides is 1. The molecule has 2 atom stereocenters. The molecule has 34 heavy (non-hydrogen) atoms. The summed E-state index contributed by atoms with van der Waals surface area (Å²) >= 11 is 0. The molecule has 1 N–H and O–H groups in total. The summed E-state index contributed by atoms with van der Waals surface area (Å²) in [7, 11) is 0. The van der Waals surface area contributed by atoms with E-state index >= 15 is 0 Å². The first-order valence-corrected chi connectivity index (χ1v) is 11.1. The number of aromatic nitrogens is 2. The van der Waals surface area contributed by atoms with E-state index in [-0.39, 0.29) is 12.1 Å². The molecule has 5 heterocycles. The van der Waals surface area contributed by atoms with Crippen LogP contribution in [0, 0.1) is 5.82 Å². The highest BCUT2D eigenvalue weighted by molar-refractivity contribution is 5.94. The van der Waals surface area contributed by atoms with Crippen LogP contribution in [0.4, 0.5) is 15.2 Å². The molecule has 0 radical (unpaired) electrons. The first-order valence-electron chi connectivity index (χ1n) is 11.1. The van der Waals surface area contributed by atoms with E-state index in [1.165, 1.54) is 11.0 Å². The number of hydrogen-bond donors (Lipinski definition) is 1. The van der Waals surface area contributed by atoms with Crippen molar-refractivity contribution in [2.75, 3.05) is 18.0 Å². The van der Waals surface area contributed by atoms with E-state index in [0.29, 0.717) is 53.8 Å². The Balaban J connectivity index is 1.37. The van der Waals surface area contributed by atoms with Crippen LogP contribution in [0.1, 0.15) is 12.0 Å². The summed E-state index contributed by atoms with van der Waals surface area (Å²) in [5.74, 6) is 0.144. The van der Waals surface area contributed by atoms with Crippen molar-refractivity contribution in [2.45, 2.75) is 25.1 Å². The second-order valence-corrected chi connectivity index (χ2v) is 8.56. The Morgan fingerprint density at radius 2 is 1.91 bits per heavy atom. The minimum Gasteiger partial charge on any atom is -0.486 e. The summed E-state index contributed by atoms with van der Waals surface area (Å²) in [5, 5.41) is 9.40. The quantitative estimate of drug-likeness (QED) is 0.467. The summed E-state index contributed by atoms with van der Waals surface area (Å²) in [4.78, 5) is 23.9. The Kier molecular flexibility index (Phi) is 4.83. The molecular weight excluding hydrogens is 439 g/mol. The molecule has 3 saturated heterocycles. The van der Waals surface area contributed by atoms with Gasteiger partial charge >= 0.3 is 6.09 Å². The molecule has 8 nitrogen and oxygen atoms in total. The second-order valence-electron chi connectivity index (χ2n) is 8.56. The highest BCUT2D eigenvalue weighted by Gasteiger charge is 2.48. The van der Waals surface area contributed by atoms with Gasteiger partial charge in [0.2, 0.25) is 0 Å². The van der Waals surface area contributed by atoms with E-state index in [9.17, 15) is 14.3 Å². The number of anilines is 1. The van der Waals surface area contributed by atoms with Gasteiger partial charge in [0.05, 0.1) is 24.0 Å². The SMILES string of the molecule is O=C(O)N1C2CC1CN(c1nc3c(OCc4ccccc4)ccc(-c4ccc(F)cn4)c3o1)C2. The molecule has 2 bridgehead atoms. The molecular formula is C25H21FN4O4. The number of carboxylic acid groups (broad SMARTS) is 1. The molecule has 7 rings (SSSR count). The van der Waals surface area contributed by atoms with Crippen molar-refractivity contribution in [3.8, 4) is 17.0 Å². The predicted molar refractivity (Wildman–Crippen MR) is 122 cm³/mol. The van der Waals surface area contributed by atoms with Crippen molar-refractivity contribution in [2.24, 2.45) is 0 Å². The van der Waals surface area contributed by atoms with Crippen LogP contribution in [0.25, 0.3) is 22.4 Å². The average molecular weight is 460 g/mol. The van der Waals surface area contributed by atoms with Crippen LogP contribution in [0.2, 0.25) is 0 Å². The molecule has 172 valence electrons. The number of benzene rings is 2. The number of rotatable bonds is 5. The van der Waals surface area contributed by atoms with E-state index < -0.39 is 11.9 Å². The molecule has 0 saturated carbocycles. The molecule has 0 spiro atoms. The number of ether oxygens (including phenoxy) is 1. The van der Waals surface area contributed by atoms with Gasteiger partial charge in [0, 0.05) is 18.7 Å². The molecule has 3 fully saturated rings. The highest BCUT2D eigenvalue weighted by atomic mass is 19.1. The number of carbonyl (C=O) groups is 1. The van der Waals surface area contributed by atoms with Crippen molar-refractivity contribution in [3.63, 3.8) is 0 Å². The Hall–Kier alpha value is -4.14. The van der Waals surface area contributed by atoms with Crippen LogP contribution >= 0.6 is 0 Å². The van der Waals surface area contributed by atoms with Crippen LogP contribution in [0.3, 0.4) is 0 Å². The van der Waals surface area contributed by atoms with E-state index in [4.69, 9.17) is 14.1 Å². The number of fused-ring (bicyclic) bond motifs is 3. The van der Waals surface area contributed by atoms with E-state index in [1.807, 2.05) is 47.4 Å². The lowest BCUT2D eigenvalue weighted by Gasteiger charge is -2.54. The minimum atomic E-state index is -0.889. The number of halogens is 1. The molecule has 2 aromatic heterocycles. The maximum absolute atomic E-state index is 13.4. The fourth-order valence-electron chi connectivity index (χ4n) is 4.77. The van der Waals surface area contributed by atoms with E-state index in [2.05, 4.69) is 4.98 Å². The van der Waals surface area contributed by atoms with Gasteiger partial charge in [0.25, 0.3) is 6.01 Å². The molecule has 4 aromatic rings. The smallest absolute Gasteiger partial charge is 0.407 e. The lowest BCUT2D eigenvalue weighted by atomic mass is 9.88. The van der Waals surface area contributed by atoms with Crippen LogP contribution in [-0.2, 0) is 6.61 Å². The Morgan fingerprint density at radius 3 is 2.62 bits per heavy atom. The normalized spacial score (nSPS) is 19.2. The highest BCUT2D eigenvalue weighted by Crippen LogP contribution is 2.39. The largest absolute Gasteiger partial charge is 0.486 e.